The highest BCUT2D eigenvalue weighted by Gasteiger charge is 2.31. The Kier molecular flexibility index (Phi) is 3.86. The monoisotopic (exact) mass is 322 g/mol. The van der Waals surface area contributed by atoms with Crippen LogP contribution >= 0.6 is 0 Å². The van der Waals surface area contributed by atoms with Crippen LogP contribution in [0, 0.1) is 0 Å². The zero-order valence-corrected chi connectivity index (χ0v) is 13.2. The molecule has 122 valence electrons. The second-order valence-electron chi connectivity index (χ2n) is 5.92. The fraction of sp³-hybridized carbons (Fsp3) is 0.278. The van der Waals surface area contributed by atoms with E-state index in [1.807, 2.05) is 47.4 Å². The van der Waals surface area contributed by atoms with Gasteiger partial charge in [-0.3, -0.25) is 4.79 Å². The van der Waals surface area contributed by atoms with Gasteiger partial charge in [0.25, 0.3) is 5.91 Å². The van der Waals surface area contributed by atoms with E-state index in [0.29, 0.717) is 23.2 Å². The number of carbonyl (C=O) groups is 1. The minimum absolute atomic E-state index is 0.00587. The number of rotatable bonds is 4. The summed E-state index contributed by atoms with van der Waals surface area (Å²) in [5.41, 5.74) is 1.92. The molecule has 6 heteroatoms. The maximum absolute atomic E-state index is 13.0. The summed E-state index contributed by atoms with van der Waals surface area (Å²) in [6.07, 6.45) is 1.94. The third kappa shape index (κ3) is 2.71. The Hall–Kier alpha value is -2.89. The predicted octanol–water partition coefficient (Wildman–Crippen LogP) is 2.64. The molecule has 0 radical (unpaired) electrons. The highest BCUT2D eigenvalue weighted by Crippen LogP contribution is 2.24. The number of fused-ring (bicyclic) bond motifs is 1. The normalized spacial score (nSPS) is 17.3. The first-order valence-corrected chi connectivity index (χ1v) is 8.11. The number of nitrogens with one attached hydrogen (secondary N) is 1. The number of aromatic nitrogens is 3. The molecule has 0 aliphatic carbocycles. The summed E-state index contributed by atoms with van der Waals surface area (Å²) in [6.45, 7) is 1.25. The molecule has 1 N–H and O–H groups in total. The van der Waals surface area contributed by atoms with Crippen molar-refractivity contribution in [3.63, 3.8) is 0 Å². The average molecular weight is 322 g/mol. The van der Waals surface area contributed by atoms with Crippen LogP contribution in [-0.2, 0) is 0 Å². The number of hydrogen-bond acceptors (Lipinski definition) is 4. The summed E-state index contributed by atoms with van der Waals surface area (Å²) in [5, 5.41) is 10.8. The molecule has 1 amide bonds. The first-order chi connectivity index (χ1) is 11.8. The molecule has 1 unspecified atom stereocenters. The van der Waals surface area contributed by atoms with Gasteiger partial charge in [0.2, 0.25) is 0 Å². The molecule has 1 fully saturated rings. The molecule has 3 aromatic rings. The first kappa shape index (κ1) is 14.7. The molecule has 2 heterocycles. The van der Waals surface area contributed by atoms with Crippen LogP contribution < -0.4 is 4.74 Å². The van der Waals surface area contributed by atoms with E-state index in [0.717, 1.165) is 25.1 Å². The zero-order valence-electron chi connectivity index (χ0n) is 13.2. The summed E-state index contributed by atoms with van der Waals surface area (Å²) in [4.78, 5) is 14.9. The standard InChI is InChI=1S/C18H18N4O2/c23-18(15-9-4-10-16-17(15)20-21-19-16)22-11-5-6-13(22)12-24-14-7-2-1-3-8-14/h1-4,7-10,13H,5-6,11-12H2,(H,19,20,21). The number of para-hydroxylation sites is 2. The van der Waals surface area contributed by atoms with Gasteiger partial charge in [0.15, 0.2) is 0 Å². The van der Waals surface area contributed by atoms with Crippen molar-refractivity contribution in [2.45, 2.75) is 18.9 Å². The number of carbonyl (C=O) groups excluding carboxylic acids is 1. The fourth-order valence-electron chi connectivity index (χ4n) is 3.18. The molecule has 6 nitrogen and oxygen atoms in total. The smallest absolute Gasteiger partial charge is 0.256 e. The van der Waals surface area contributed by atoms with Gasteiger partial charge in [-0.15, -0.1) is 0 Å². The van der Waals surface area contributed by atoms with Gasteiger partial charge in [-0.05, 0) is 37.1 Å². The van der Waals surface area contributed by atoms with Crippen molar-refractivity contribution in [3.05, 3.63) is 54.1 Å². The Morgan fingerprint density at radius 3 is 2.92 bits per heavy atom. The molecule has 1 atom stereocenters. The van der Waals surface area contributed by atoms with Gasteiger partial charge in [-0.25, -0.2) is 0 Å². The van der Waals surface area contributed by atoms with Crippen LogP contribution in [0.2, 0.25) is 0 Å². The number of ether oxygens (including phenoxy) is 1. The Bertz CT molecular complexity index is 846. The number of hydrogen-bond donors (Lipinski definition) is 1. The van der Waals surface area contributed by atoms with Gasteiger partial charge in [0.05, 0.1) is 11.6 Å². The quantitative estimate of drug-likeness (QED) is 0.801. The summed E-state index contributed by atoms with van der Waals surface area (Å²) in [7, 11) is 0. The third-order valence-electron chi connectivity index (χ3n) is 4.40. The minimum Gasteiger partial charge on any atom is -0.491 e. The lowest BCUT2D eigenvalue weighted by Gasteiger charge is -2.25. The number of benzene rings is 2. The molecular formula is C18H18N4O2. The van der Waals surface area contributed by atoms with Gasteiger partial charge in [-0.1, -0.05) is 24.3 Å². The molecule has 1 aliphatic rings. The summed E-state index contributed by atoms with van der Waals surface area (Å²) in [5.74, 6) is 0.823. The molecule has 1 saturated heterocycles. The van der Waals surface area contributed by atoms with Crippen molar-refractivity contribution >= 4 is 16.9 Å². The number of H-pyrrole nitrogens is 1. The van der Waals surface area contributed by atoms with E-state index >= 15 is 0 Å². The molecule has 0 spiro atoms. The predicted molar refractivity (Wildman–Crippen MR) is 89.9 cm³/mol. The lowest BCUT2D eigenvalue weighted by Crippen LogP contribution is -2.39. The summed E-state index contributed by atoms with van der Waals surface area (Å²) in [6, 6.07) is 15.3. The summed E-state index contributed by atoms with van der Waals surface area (Å²) >= 11 is 0. The van der Waals surface area contributed by atoms with E-state index < -0.39 is 0 Å². The Labute approximate surface area is 139 Å². The zero-order chi connectivity index (χ0) is 16.4. The number of likely N-dealkylation sites (tertiary alicyclic amines) is 1. The van der Waals surface area contributed by atoms with E-state index in [2.05, 4.69) is 15.4 Å². The number of amides is 1. The molecule has 1 aliphatic heterocycles. The number of aromatic amines is 1. The average Bonchev–Trinajstić information content (AvgIpc) is 3.29. The molecule has 0 bridgehead atoms. The van der Waals surface area contributed by atoms with Crippen LogP contribution in [0.3, 0.4) is 0 Å². The molecular weight excluding hydrogens is 304 g/mol. The SMILES string of the molecule is O=C(c1cccc2n[nH]nc12)N1CCCC1COc1ccccc1. The molecule has 2 aromatic carbocycles. The van der Waals surface area contributed by atoms with E-state index in [4.69, 9.17) is 4.74 Å². The highest BCUT2D eigenvalue weighted by atomic mass is 16.5. The molecule has 4 rings (SSSR count). The molecule has 1 aromatic heterocycles. The summed E-state index contributed by atoms with van der Waals surface area (Å²) < 4.78 is 5.85. The van der Waals surface area contributed by atoms with E-state index in [-0.39, 0.29) is 11.9 Å². The van der Waals surface area contributed by atoms with Gasteiger partial charge >= 0.3 is 0 Å². The van der Waals surface area contributed by atoms with Crippen LogP contribution in [0.4, 0.5) is 0 Å². The van der Waals surface area contributed by atoms with Crippen LogP contribution in [0.25, 0.3) is 11.0 Å². The maximum Gasteiger partial charge on any atom is 0.256 e. The van der Waals surface area contributed by atoms with Crippen LogP contribution in [0.5, 0.6) is 5.75 Å². The minimum atomic E-state index is -0.00587. The second-order valence-corrected chi connectivity index (χ2v) is 5.92. The second kappa shape index (κ2) is 6.31. The Morgan fingerprint density at radius 2 is 2.04 bits per heavy atom. The van der Waals surface area contributed by atoms with Crippen molar-refractivity contribution in [1.82, 2.24) is 20.3 Å². The number of nitrogens with zero attached hydrogens (tertiary/aromatic N) is 3. The van der Waals surface area contributed by atoms with Crippen molar-refractivity contribution in [1.29, 1.82) is 0 Å². The van der Waals surface area contributed by atoms with Crippen molar-refractivity contribution in [2.24, 2.45) is 0 Å². The van der Waals surface area contributed by atoms with Gasteiger partial charge in [-0.2, -0.15) is 15.4 Å². The lowest BCUT2D eigenvalue weighted by atomic mass is 10.1. The molecule has 0 saturated carbocycles. The van der Waals surface area contributed by atoms with Crippen molar-refractivity contribution < 1.29 is 9.53 Å². The van der Waals surface area contributed by atoms with Gasteiger partial charge in [0, 0.05) is 6.54 Å². The lowest BCUT2D eigenvalue weighted by molar-refractivity contribution is 0.0693. The van der Waals surface area contributed by atoms with Crippen LogP contribution in [0.1, 0.15) is 23.2 Å². The van der Waals surface area contributed by atoms with Crippen LogP contribution in [-0.4, -0.2) is 45.4 Å². The van der Waals surface area contributed by atoms with E-state index in [9.17, 15) is 4.79 Å². The third-order valence-corrected chi connectivity index (χ3v) is 4.40. The van der Waals surface area contributed by atoms with Crippen molar-refractivity contribution in [3.8, 4) is 5.75 Å². The van der Waals surface area contributed by atoms with Gasteiger partial charge in [0.1, 0.15) is 23.4 Å². The maximum atomic E-state index is 13.0. The van der Waals surface area contributed by atoms with Gasteiger partial charge < -0.3 is 9.64 Å². The fourth-order valence-corrected chi connectivity index (χ4v) is 3.18. The molecule has 24 heavy (non-hydrogen) atoms. The van der Waals surface area contributed by atoms with Crippen LogP contribution in [0.15, 0.2) is 48.5 Å². The van der Waals surface area contributed by atoms with E-state index in [1.165, 1.54) is 0 Å². The van der Waals surface area contributed by atoms with E-state index in [1.54, 1.807) is 6.07 Å². The van der Waals surface area contributed by atoms with Crippen molar-refractivity contribution in [2.75, 3.05) is 13.2 Å². The Balaban J connectivity index is 1.52. The first-order valence-electron chi connectivity index (χ1n) is 8.11. The highest BCUT2D eigenvalue weighted by molar-refractivity contribution is 6.04. The largest absolute Gasteiger partial charge is 0.491 e. The topological polar surface area (TPSA) is 71.1 Å². The Morgan fingerprint density at radius 1 is 1.17 bits per heavy atom.